The van der Waals surface area contributed by atoms with Gasteiger partial charge in [-0.05, 0) is 150 Å². The molecule has 0 N–H and O–H groups in total. The minimum Gasteiger partial charge on any atom is -0.455 e. The Hall–Kier alpha value is -8.86. The normalized spacial score (nSPS) is 12.9. The van der Waals surface area contributed by atoms with Crippen LogP contribution in [0.3, 0.4) is 0 Å². The van der Waals surface area contributed by atoms with Gasteiger partial charge < -0.3 is 13.8 Å². The van der Waals surface area contributed by atoms with Crippen LogP contribution in [-0.4, -0.2) is 11.3 Å². The number of aryl methyl sites for hydroxylation is 2. The molecule has 12 aromatic carbocycles. The maximum Gasteiger partial charge on any atom is 0.333 e. The van der Waals surface area contributed by atoms with E-state index >= 15 is 0 Å². The van der Waals surface area contributed by atoms with Crippen LogP contribution in [0.25, 0.3) is 120 Å². The third kappa shape index (κ3) is 4.99. The summed E-state index contributed by atoms with van der Waals surface area (Å²) in [5.74, 6) is 0. The standard InChI is InChI=1S/C66H41BN2O/c1-38-47-23-13-14-24-48(47)39(2)53-36-58-56(35-52(38)53)67-64-59(68(58)46-32-44(40-17-5-3-6-18-40)31-45(33-46)41-19-7-4-8-20-41)37-54-51-27-15-16-28-60(51)70-66(54)63(64)55-34-43-22-10-12-26-50(43)62-61-49-25-11-9-21-42(49)29-30-57(61)69(67)65(55)62/h3-37H,1-2H3. The molecule has 0 radical (unpaired) electrons. The molecule has 0 amide bonds. The zero-order valence-corrected chi connectivity index (χ0v) is 38.6. The van der Waals surface area contributed by atoms with E-state index in [0.717, 1.165) is 27.6 Å². The predicted octanol–water partition coefficient (Wildman–Crippen LogP) is 16.7. The largest absolute Gasteiger partial charge is 0.455 e. The number of para-hydroxylation sites is 1. The van der Waals surface area contributed by atoms with Crippen molar-refractivity contribution in [3.05, 3.63) is 223 Å². The van der Waals surface area contributed by atoms with Gasteiger partial charge in [-0.2, -0.15) is 0 Å². The van der Waals surface area contributed by atoms with E-state index in [-0.39, 0.29) is 6.85 Å². The molecule has 2 aliphatic rings. The summed E-state index contributed by atoms with van der Waals surface area (Å²) in [7, 11) is 0. The number of rotatable bonds is 3. The molecule has 4 heteroatoms. The number of anilines is 3. The summed E-state index contributed by atoms with van der Waals surface area (Å²) in [6.45, 7) is 4.45. The van der Waals surface area contributed by atoms with Crippen LogP contribution in [0.4, 0.5) is 17.1 Å². The molecular weight excluding hydrogens is 848 g/mol. The lowest BCUT2D eigenvalue weighted by molar-refractivity contribution is 0.670. The van der Waals surface area contributed by atoms with Crippen molar-refractivity contribution in [2.75, 3.05) is 4.90 Å². The van der Waals surface area contributed by atoms with Gasteiger partial charge in [-0.3, -0.25) is 0 Å². The molecule has 0 bridgehead atoms. The van der Waals surface area contributed by atoms with Crippen molar-refractivity contribution < 1.29 is 4.42 Å². The molecule has 2 aliphatic heterocycles. The first-order valence-electron chi connectivity index (χ1n) is 24.4. The molecule has 0 saturated carbocycles. The van der Waals surface area contributed by atoms with Crippen LogP contribution in [0, 0.1) is 13.8 Å². The molecule has 16 rings (SSSR count). The van der Waals surface area contributed by atoms with E-state index < -0.39 is 0 Å². The number of hydrogen-bond acceptors (Lipinski definition) is 2. The fourth-order valence-corrected chi connectivity index (χ4v) is 13.0. The first-order valence-corrected chi connectivity index (χ1v) is 24.4. The molecule has 70 heavy (non-hydrogen) atoms. The van der Waals surface area contributed by atoms with Gasteiger partial charge in [-0.15, -0.1) is 0 Å². The average Bonchev–Trinajstić information content (AvgIpc) is 3.98. The Kier molecular flexibility index (Phi) is 7.56. The fourth-order valence-electron chi connectivity index (χ4n) is 13.0. The van der Waals surface area contributed by atoms with E-state index in [1.807, 2.05) is 0 Å². The second-order valence-corrected chi connectivity index (χ2v) is 19.6. The van der Waals surface area contributed by atoms with E-state index in [2.05, 4.69) is 236 Å². The van der Waals surface area contributed by atoms with Crippen molar-refractivity contribution in [3.63, 3.8) is 0 Å². The maximum atomic E-state index is 7.23. The van der Waals surface area contributed by atoms with Gasteiger partial charge >= 0.3 is 6.85 Å². The van der Waals surface area contributed by atoms with E-state index in [9.17, 15) is 0 Å². The van der Waals surface area contributed by atoms with Gasteiger partial charge in [0.05, 0.1) is 0 Å². The minimum absolute atomic E-state index is 0.190. The third-order valence-electron chi connectivity index (χ3n) is 16.0. The highest BCUT2D eigenvalue weighted by Crippen LogP contribution is 2.53. The molecule has 0 atom stereocenters. The van der Waals surface area contributed by atoms with Gasteiger partial charge in [0.25, 0.3) is 0 Å². The van der Waals surface area contributed by atoms with Gasteiger partial charge in [-0.1, -0.05) is 164 Å². The van der Waals surface area contributed by atoms with Crippen LogP contribution in [-0.2, 0) is 0 Å². The summed E-state index contributed by atoms with van der Waals surface area (Å²) in [5.41, 5.74) is 20.0. The monoisotopic (exact) mass is 888 g/mol. The van der Waals surface area contributed by atoms with Gasteiger partial charge in [0.2, 0.25) is 0 Å². The zero-order valence-electron chi connectivity index (χ0n) is 38.6. The van der Waals surface area contributed by atoms with Crippen LogP contribution in [0.15, 0.2) is 217 Å². The molecular formula is C66H41BN2O. The minimum atomic E-state index is -0.190. The lowest BCUT2D eigenvalue weighted by Crippen LogP contribution is -2.56. The Bertz CT molecular complexity index is 4560. The summed E-state index contributed by atoms with van der Waals surface area (Å²) < 4.78 is 9.96. The number of aromatic nitrogens is 1. The topological polar surface area (TPSA) is 21.3 Å². The van der Waals surface area contributed by atoms with Gasteiger partial charge in [-0.25, -0.2) is 0 Å². The first-order chi connectivity index (χ1) is 34.6. The molecule has 324 valence electrons. The number of furan rings is 1. The summed E-state index contributed by atoms with van der Waals surface area (Å²) in [5, 5.41) is 15.0. The van der Waals surface area contributed by atoms with Crippen molar-refractivity contribution in [1.29, 1.82) is 0 Å². The van der Waals surface area contributed by atoms with Gasteiger partial charge in [0.15, 0.2) is 0 Å². The van der Waals surface area contributed by atoms with Gasteiger partial charge in [0, 0.05) is 60.8 Å². The highest BCUT2D eigenvalue weighted by molar-refractivity contribution is 6.90. The number of fused-ring (bicyclic) bond motifs is 17. The van der Waals surface area contributed by atoms with Crippen LogP contribution in [0.5, 0.6) is 0 Å². The van der Waals surface area contributed by atoms with Crippen molar-refractivity contribution in [3.8, 4) is 33.4 Å². The summed E-state index contributed by atoms with van der Waals surface area (Å²) >= 11 is 0. The van der Waals surface area contributed by atoms with Crippen molar-refractivity contribution in [1.82, 2.24) is 4.48 Å². The highest BCUT2D eigenvalue weighted by Gasteiger charge is 2.45. The van der Waals surface area contributed by atoms with E-state index in [4.69, 9.17) is 4.42 Å². The Labute approximate surface area is 404 Å². The van der Waals surface area contributed by atoms with Crippen LogP contribution >= 0.6 is 0 Å². The third-order valence-corrected chi connectivity index (χ3v) is 16.0. The molecule has 0 saturated heterocycles. The van der Waals surface area contributed by atoms with Crippen molar-refractivity contribution in [2.45, 2.75) is 13.8 Å². The molecule has 0 spiro atoms. The lowest BCUT2D eigenvalue weighted by Gasteiger charge is -2.41. The molecule has 0 fully saturated rings. The second kappa shape index (κ2) is 13.9. The summed E-state index contributed by atoms with van der Waals surface area (Å²) in [6.07, 6.45) is 0. The fraction of sp³-hybridized carbons (Fsp3) is 0.0303. The average molecular weight is 889 g/mol. The first kappa shape index (κ1) is 38.1. The molecule has 2 aromatic heterocycles. The Morgan fingerprint density at radius 2 is 0.986 bits per heavy atom. The maximum absolute atomic E-state index is 7.23. The second-order valence-electron chi connectivity index (χ2n) is 19.6. The molecule has 0 aliphatic carbocycles. The molecule has 3 nitrogen and oxygen atoms in total. The summed E-state index contributed by atoms with van der Waals surface area (Å²) in [4.78, 5) is 2.61. The Morgan fingerprint density at radius 1 is 0.414 bits per heavy atom. The van der Waals surface area contributed by atoms with Crippen molar-refractivity contribution in [2.24, 2.45) is 0 Å². The van der Waals surface area contributed by atoms with Crippen molar-refractivity contribution >= 4 is 122 Å². The van der Waals surface area contributed by atoms with E-state index in [1.165, 1.54) is 132 Å². The molecule has 0 unspecified atom stereocenters. The Morgan fingerprint density at radius 3 is 1.69 bits per heavy atom. The van der Waals surface area contributed by atoms with Crippen LogP contribution < -0.4 is 15.8 Å². The SMILES string of the molecule is Cc1c2ccccc2c(C)c2cc3c(cc12)B1c2c(cc4c(oc5ccccc54)c2-c2cc4ccccc4c4c5c6ccccc6ccc5n1c24)N3c1cc(-c2ccccc2)cc(-c2ccccc2)c1. The molecule has 4 heterocycles. The molecule has 14 aromatic rings. The van der Waals surface area contributed by atoms with Crippen LogP contribution in [0.1, 0.15) is 11.1 Å². The summed E-state index contributed by atoms with van der Waals surface area (Å²) in [6, 6.07) is 79.2. The number of hydrogen-bond donors (Lipinski definition) is 0. The quantitative estimate of drug-likeness (QED) is 0.130. The lowest BCUT2D eigenvalue weighted by atomic mass is 9.44. The number of nitrogens with zero attached hydrogens (tertiary/aromatic N) is 2. The predicted molar refractivity (Wildman–Crippen MR) is 298 cm³/mol. The Balaban J connectivity index is 1.14. The van der Waals surface area contributed by atoms with E-state index in [0.29, 0.717) is 0 Å². The highest BCUT2D eigenvalue weighted by atomic mass is 16.3. The van der Waals surface area contributed by atoms with Crippen LogP contribution in [0.2, 0.25) is 0 Å². The van der Waals surface area contributed by atoms with E-state index in [1.54, 1.807) is 0 Å². The zero-order chi connectivity index (χ0) is 45.9. The van der Waals surface area contributed by atoms with Gasteiger partial charge in [0.1, 0.15) is 11.2 Å². The number of benzene rings is 12. The smallest absolute Gasteiger partial charge is 0.333 e.